The van der Waals surface area contributed by atoms with Crippen LogP contribution in [0, 0.1) is 0 Å². The molecule has 0 spiro atoms. The molecule has 0 amide bonds. The van der Waals surface area contributed by atoms with E-state index in [4.69, 9.17) is 10.5 Å². The molecule has 4 atom stereocenters. The predicted molar refractivity (Wildman–Crippen MR) is 76.9 cm³/mol. The zero-order chi connectivity index (χ0) is 15.9. The van der Waals surface area contributed by atoms with Crippen LogP contribution in [-0.2, 0) is 4.74 Å². The summed E-state index contributed by atoms with van der Waals surface area (Å²) >= 11 is 0. The number of ether oxygens (including phenoxy) is 1. The third-order valence-electron chi connectivity index (χ3n) is 3.61. The standard InChI is InChI=1S/C12H18N6O4/c1-2-14-12-17-6-9(13)15-4-16-10(6)18(12)11-8(21)7(20)5(3-19)22-11/h4-5,7-8,11,19-21H,2-3H2,1H3,(H,14,17)(H2,13,15,16)/t5-,7+,8-,11+/m0/s1. The topological polar surface area (TPSA) is 152 Å². The number of aliphatic hydroxyl groups excluding tert-OH is 3. The lowest BCUT2D eigenvalue weighted by molar-refractivity contribution is -0.0501. The average Bonchev–Trinajstić information content (AvgIpc) is 3.00. The van der Waals surface area contributed by atoms with Crippen LogP contribution in [0.25, 0.3) is 11.2 Å². The molecule has 10 nitrogen and oxygen atoms in total. The molecule has 1 aliphatic rings. The predicted octanol–water partition coefficient (Wildman–Crippen LogP) is -1.55. The molecule has 0 unspecified atom stereocenters. The first-order valence-electron chi connectivity index (χ1n) is 6.93. The first-order chi connectivity index (χ1) is 10.6. The van der Waals surface area contributed by atoms with E-state index in [1.165, 1.54) is 10.9 Å². The van der Waals surface area contributed by atoms with Gasteiger partial charge in [-0.25, -0.2) is 15.0 Å². The van der Waals surface area contributed by atoms with Crippen LogP contribution in [0.3, 0.4) is 0 Å². The highest BCUT2D eigenvalue weighted by Gasteiger charge is 2.45. The van der Waals surface area contributed by atoms with Crippen LogP contribution in [0.5, 0.6) is 0 Å². The Morgan fingerprint density at radius 3 is 2.77 bits per heavy atom. The fourth-order valence-corrected chi connectivity index (χ4v) is 2.54. The summed E-state index contributed by atoms with van der Waals surface area (Å²) in [6.45, 7) is 2.05. The Hall–Kier alpha value is -2.01. The van der Waals surface area contributed by atoms with Crippen molar-refractivity contribution < 1.29 is 20.1 Å². The maximum absolute atomic E-state index is 10.2. The first kappa shape index (κ1) is 14.9. The maximum Gasteiger partial charge on any atom is 0.207 e. The number of hydrogen-bond donors (Lipinski definition) is 5. The summed E-state index contributed by atoms with van der Waals surface area (Å²) in [6, 6.07) is 0. The average molecular weight is 310 g/mol. The Bertz CT molecular complexity index is 677. The normalized spacial score (nSPS) is 28.4. The summed E-state index contributed by atoms with van der Waals surface area (Å²) in [5.41, 5.74) is 6.55. The molecule has 10 heteroatoms. The molecular formula is C12H18N6O4. The summed E-state index contributed by atoms with van der Waals surface area (Å²) in [4.78, 5) is 12.3. The Morgan fingerprint density at radius 1 is 1.36 bits per heavy atom. The van der Waals surface area contributed by atoms with Gasteiger partial charge in [-0.3, -0.25) is 4.57 Å². The van der Waals surface area contributed by atoms with Gasteiger partial charge in [0.1, 0.15) is 24.6 Å². The lowest BCUT2D eigenvalue weighted by atomic mass is 10.1. The molecular weight excluding hydrogens is 292 g/mol. The number of aromatic nitrogens is 4. The molecule has 0 radical (unpaired) electrons. The molecule has 120 valence electrons. The Kier molecular flexibility index (Phi) is 3.83. The number of nitrogen functional groups attached to an aromatic ring is 1. The van der Waals surface area contributed by atoms with Crippen molar-refractivity contribution in [2.45, 2.75) is 31.5 Å². The lowest BCUT2D eigenvalue weighted by Gasteiger charge is -2.19. The highest BCUT2D eigenvalue weighted by molar-refractivity contribution is 5.84. The molecule has 22 heavy (non-hydrogen) atoms. The number of nitrogens with two attached hydrogens (primary N) is 1. The highest BCUT2D eigenvalue weighted by Crippen LogP contribution is 2.34. The van der Waals surface area contributed by atoms with Crippen molar-refractivity contribution in [3.05, 3.63) is 6.33 Å². The van der Waals surface area contributed by atoms with Crippen LogP contribution in [-0.4, -0.2) is 66.3 Å². The van der Waals surface area contributed by atoms with E-state index >= 15 is 0 Å². The molecule has 3 rings (SSSR count). The number of rotatable bonds is 4. The van der Waals surface area contributed by atoms with Crippen LogP contribution in [0.15, 0.2) is 6.33 Å². The highest BCUT2D eigenvalue weighted by atomic mass is 16.6. The van der Waals surface area contributed by atoms with Crippen LogP contribution in [0.4, 0.5) is 11.8 Å². The van der Waals surface area contributed by atoms with Crippen molar-refractivity contribution >= 4 is 22.9 Å². The molecule has 2 aromatic rings. The number of aliphatic hydroxyl groups is 3. The zero-order valence-electron chi connectivity index (χ0n) is 11.9. The van der Waals surface area contributed by atoms with Gasteiger partial charge >= 0.3 is 0 Å². The lowest BCUT2D eigenvalue weighted by Crippen LogP contribution is -2.33. The van der Waals surface area contributed by atoms with E-state index in [0.29, 0.717) is 23.7 Å². The molecule has 0 aliphatic carbocycles. The van der Waals surface area contributed by atoms with E-state index in [2.05, 4.69) is 20.3 Å². The third kappa shape index (κ3) is 2.16. The van der Waals surface area contributed by atoms with Gasteiger partial charge in [-0.15, -0.1) is 0 Å². The number of nitrogens with one attached hydrogen (secondary N) is 1. The van der Waals surface area contributed by atoms with Crippen molar-refractivity contribution in [1.29, 1.82) is 0 Å². The maximum atomic E-state index is 10.2. The molecule has 1 aliphatic heterocycles. The SMILES string of the molecule is CCNc1nc2c(N)ncnc2n1[C@@H]1O[C@@H](CO)[C@@H](O)[C@@H]1O. The largest absolute Gasteiger partial charge is 0.394 e. The monoisotopic (exact) mass is 310 g/mol. The van der Waals surface area contributed by atoms with E-state index in [1.54, 1.807) is 0 Å². The molecule has 1 fully saturated rings. The second kappa shape index (κ2) is 5.65. The van der Waals surface area contributed by atoms with Gasteiger partial charge in [-0.2, -0.15) is 0 Å². The van der Waals surface area contributed by atoms with Gasteiger partial charge < -0.3 is 31.1 Å². The number of imidazole rings is 1. The van der Waals surface area contributed by atoms with E-state index in [0.717, 1.165) is 0 Å². The molecule has 1 saturated heterocycles. The van der Waals surface area contributed by atoms with E-state index < -0.39 is 31.1 Å². The second-order valence-electron chi connectivity index (χ2n) is 5.00. The van der Waals surface area contributed by atoms with Crippen LogP contribution in [0.2, 0.25) is 0 Å². The third-order valence-corrected chi connectivity index (χ3v) is 3.61. The number of fused-ring (bicyclic) bond motifs is 1. The van der Waals surface area contributed by atoms with Gasteiger partial charge in [0.05, 0.1) is 6.61 Å². The van der Waals surface area contributed by atoms with Gasteiger partial charge in [-0.05, 0) is 6.92 Å². The van der Waals surface area contributed by atoms with Crippen molar-refractivity contribution in [3.63, 3.8) is 0 Å². The summed E-state index contributed by atoms with van der Waals surface area (Å²) < 4.78 is 7.06. The Morgan fingerprint density at radius 2 is 2.14 bits per heavy atom. The molecule has 0 saturated carbocycles. The van der Waals surface area contributed by atoms with Crippen LogP contribution in [0.1, 0.15) is 13.2 Å². The van der Waals surface area contributed by atoms with Gasteiger partial charge in [0.15, 0.2) is 23.2 Å². The van der Waals surface area contributed by atoms with Crippen molar-refractivity contribution in [1.82, 2.24) is 19.5 Å². The number of nitrogens with zero attached hydrogens (tertiary/aromatic N) is 4. The summed E-state index contributed by atoms with van der Waals surface area (Å²) in [5.74, 6) is 0.592. The van der Waals surface area contributed by atoms with Gasteiger partial charge in [0, 0.05) is 6.54 Å². The quantitative estimate of drug-likeness (QED) is 0.452. The van der Waals surface area contributed by atoms with Crippen molar-refractivity contribution in [3.8, 4) is 0 Å². The summed E-state index contributed by atoms with van der Waals surface area (Å²) in [5, 5.41) is 32.4. The second-order valence-corrected chi connectivity index (χ2v) is 5.00. The zero-order valence-corrected chi connectivity index (χ0v) is 11.9. The molecule has 2 aromatic heterocycles. The summed E-state index contributed by atoms with van der Waals surface area (Å²) in [7, 11) is 0. The molecule has 3 heterocycles. The van der Waals surface area contributed by atoms with E-state index in [-0.39, 0.29) is 5.82 Å². The number of hydrogen-bond acceptors (Lipinski definition) is 9. The van der Waals surface area contributed by atoms with Crippen molar-refractivity contribution in [2.75, 3.05) is 24.2 Å². The Balaban J connectivity index is 2.13. The molecule has 6 N–H and O–H groups in total. The smallest absolute Gasteiger partial charge is 0.207 e. The molecule has 0 aromatic carbocycles. The Labute approximate surface area is 125 Å². The fraction of sp³-hybridized carbons (Fsp3) is 0.583. The van der Waals surface area contributed by atoms with Gasteiger partial charge in [0.2, 0.25) is 5.95 Å². The van der Waals surface area contributed by atoms with Crippen LogP contribution < -0.4 is 11.1 Å². The fourth-order valence-electron chi connectivity index (χ4n) is 2.54. The van der Waals surface area contributed by atoms with E-state index in [9.17, 15) is 15.3 Å². The summed E-state index contributed by atoms with van der Waals surface area (Å²) in [6.07, 6.45) is -2.98. The minimum Gasteiger partial charge on any atom is -0.394 e. The minimum atomic E-state index is -1.23. The minimum absolute atomic E-state index is 0.203. The van der Waals surface area contributed by atoms with Gasteiger partial charge in [0.25, 0.3) is 0 Å². The van der Waals surface area contributed by atoms with Gasteiger partial charge in [-0.1, -0.05) is 0 Å². The van der Waals surface area contributed by atoms with Crippen LogP contribution >= 0.6 is 0 Å². The van der Waals surface area contributed by atoms with E-state index in [1.807, 2.05) is 6.92 Å². The molecule has 0 bridgehead atoms. The van der Waals surface area contributed by atoms with Crippen molar-refractivity contribution in [2.24, 2.45) is 0 Å². The first-order valence-corrected chi connectivity index (χ1v) is 6.93. The number of anilines is 2.